The lowest BCUT2D eigenvalue weighted by Gasteiger charge is -2.11. The molecule has 1 saturated carbocycles. The van der Waals surface area contributed by atoms with Crippen LogP contribution in [0.4, 0.5) is 0 Å². The van der Waals surface area contributed by atoms with Crippen LogP contribution in [0.25, 0.3) is 0 Å². The van der Waals surface area contributed by atoms with Gasteiger partial charge in [0.2, 0.25) is 5.91 Å². The molecule has 1 atom stereocenters. The third-order valence-electron chi connectivity index (χ3n) is 4.06. The molecule has 108 valence electrons. The summed E-state index contributed by atoms with van der Waals surface area (Å²) in [4.78, 5) is 11.6. The Hall–Kier alpha value is -1.06. The predicted octanol–water partition coefficient (Wildman–Crippen LogP) is 2.46. The molecule has 1 amide bonds. The highest BCUT2D eigenvalue weighted by Crippen LogP contribution is 2.25. The molecule has 1 fully saturated rings. The zero-order valence-corrected chi connectivity index (χ0v) is 12.4. The number of hydrogen-bond donors (Lipinski definition) is 2. The monoisotopic (exact) mass is 292 g/mol. The molecule has 2 aliphatic rings. The van der Waals surface area contributed by atoms with E-state index in [4.69, 9.17) is 11.6 Å². The molecular formula is C16H21ClN2O. The van der Waals surface area contributed by atoms with Crippen molar-refractivity contribution in [3.05, 3.63) is 34.3 Å². The van der Waals surface area contributed by atoms with Crippen LogP contribution in [-0.4, -0.2) is 24.5 Å². The molecule has 0 aliphatic heterocycles. The minimum Gasteiger partial charge on any atom is -0.353 e. The lowest BCUT2D eigenvalue weighted by Crippen LogP contribution is -2.32. The Morgan fingerprint density at radius 2 is 2.00 bits per heavy atom. The van der Waals surface area contributed by atoms with Crippen molar-refractivity contribution >= 4 is 17.5 Å². The van der Waals surface area contributed by atoms with Gasteiger partial charge in [-0.2, -0.15) is 0 Å². The van der Waals surface area contributed by atoms with Gasteiger partial charge in [-0.3, -0.25) is 4.79 Å². The number of fused-ring (bicyclic) bond motifs is 1. The van der Waals surface area contributed by atoms with Crippen LogP contribution in [0.5, 0.6) is 0 Å². The second-order valence-electron chi connectivity index (χ2n) is 5.92. The second kappa shape index (κ2) is 6.15. The van der Waals surface area contributed by atoms with Gasteiger partial charge in [0.05, 0.1) is 0 Å². The minimum absolute atomic E-state index is 0.204. The van der Waals surface area contributed by atoms with Gasteiger partial charge in [0.15, 0.2) is 0 Å². The number of hydrogen-bond acceptors (Lipinski definition) is 2. The van der Waals surface area contributed by atoms with E-state index in [9.17, 15) is 4.79 Å². The number of carbonyl (C=O) groups is 1. The fourth-order valence-corrected chi connectivity index (χ4v) is 3.01. The molecule has 0 bridgehead atoms. The first kappa shape index (κ1) is 13.9. The van der Waals surface area contributed by atoms with Gasteiger partial charge < -0.3 is 10.6 Å². The van der Waals surface area contributed by atoms with Crippen LogP contribution < -0.4 is 10.6 Å². The molecule has 0 spiro atoms. The highest BCUT2D eigenvalue weighted by Gasteiger charge is 2.23. The Labute approximate surface area is 125 Å². The third-order valence-corrected chi connectivity index (χ3v) is 4.29. The minimum atomic E-state index is 0.204. The zero-order valence-electron chi connectivity index (χ0n) is 11.6. The van der Waals surface area contributed by atoms with Gasteiger partial charge >= 0.3 is 0 Å². The van der Waals surface area contributed by atoms with E-state index in [0.29, 0.717) is 18.5 Å². The largest absolute Gasteiger partial charge is 0.353 e. The summed E-state index contributed by atoms with van der Waals surface area (Å²) >= 11 is 6.01. The van der Waals surface area contributed by atoms with Gasteiger partial charge in [0, 0.05) is 23.5 Å². The van der Waals surface area contributed by atoms with Crippen molar-refractivity contribution in [3.8, 4) is 0 Å². The van der Waals surface area contributed by atoms with Gasteiger partial charge in [-0.05, 0) is 61.9 Å². The molecule has 1 unspecified atom stereocenters. The Balaban J connectivity index is 1.35. The van der Waals surface area contributed by atoms with Crippen molar-refractivity contribution < 1.29 is 4.79 Å². The molecule has 1 aromatic carbocycles. The summed E-state index contributed by atoms with van der Waals surface area (Å²) < 4.78 is 0. The van der Waals surface area contributed by atoms with Crippen LogP contribution in [0.15, 0.2) is 18.2 Å². The molecule has 2 N–H and O–H groups in total. The number of benzene rings is 1. The van der Waals surface area contributed by atoms with Crippen molar-refractivity contribution in [2.75, 3.05) is 6.54 Å². The molecule has 0 saturated heterocycles. The van der Waals surface area contributed by atoms with Gasteiger partial charge in [-0.1, -0.05) is 17.7 Å². The normalized spacial score (nSPS) is 20.8. The summed E-state index contributed by atoms with van der Waals surface area (Å²) in [5.74, 6) is 0.204. The van der Waals surface area contributed by atoms with E-state index in [1.807, 2.05) is 6.07 Å². The topological polar surface area (TPSA) is 41.1 Å². The Morgan fingerprint density at radius 3 is 2.80 bits per heavy atom. The third kappa shape index (κ3) is 3.74. The van der Waals surface area contributed by atoms with Gasteiger partial charge in [-0.25, -0.2) is 0 Å². The molecule has 4 heteroatoms. The average molecular weight is 293 g/mol. The van der Waals surface area contributed by atoms with Gasteiger partial charge in [0.25, 0.3) is 0 Å². The number of halogens is 1. The number of carbonyl (C=O) groups excluding carboxylic acids is 1. The molecule has 2 aliphatic carbocycles. The molecule has 1 aromatic rings. The maximum absolute atomic E-state index is 11.6. The van der Waals surface area contributed by atoms with Crippen LogP contribution >= 0.6 is 11.6 Å². The maximum Gasteiger partial charge on any atom is 0.220 e. The first-order valence-electron chi connectivity index (χ1n) is 7.51. The Morgan fingerprint density at radius 1 is 1.20 bits per heavy atom. The summed E-state index contributed by atoms with van der Waals surface area (Å²) in [7, 11) is 0. The summed E-state index contributed by atoms with van der Waals surface area (Å²) in [5.41, 5.74) is 2.76. The summed E-state index contributed by atoms with van der Waals surface area (Å²) in [6.45, 7) is 0.907. The molecule has 0 radical (unpaired) electrons. The molecule has 20 heavy (non-hydrogen) atoms. The first-order chi connectivity index (χ1) is 9.70. The quantitative estimate of drug-likeness (QED) is 0.791. The Bertz CT molecular complexity index is 499. The van der Waals surface area contributed by atoms with Gasteiger partial charge in [-0.15, -0.1) is 0 Å². The predicted molar refractivity (Wildman–Crippen MR) is 81.0 cm³/mol. The highest BCUT2D eigenvalue weighted by atomic mass is 35.5. The van der Waals surface area contributed by atoms with E-state index in [1.165, 1.54) is 11.1 Å². The molecule has 3 rings (SSSR count). The average Bonchev–Trinajstić information content (AvgIpc) is 3.12. The fraction of sp³-hybridized carbons (Fsp3) is 0.562. The maximum atomic E-state index is 11.6. The first-order valence-corrected chi connectivity index (χ1v) is 7.88. The van der Waals surface area contributed by atoms with Crippen LogP contribution in [0.1, 0.15) is 36.8 Å². The van der Waals surface area contributed by atoms with Crippen molar-refractivity contribution in [2.24, 2.45) is 0 Å². The standard InChI is InChI=1S/C16H21ClN2O/c17-13-4-3-11-9-15(10-12(11)8-13)18-7-1-2-16(20)19-14-5-6-14/h3-4,8,14-15,18H,1-2,5-7,9-10H2,(H,19,20). The lowest BCUT2D eigenvalue weighted by atomic mass is 10.1. The smallest absolute Gasteiger partial charge is 0.220 e. The molecule has 3 nitrogen and oxygen atoms in total. The van der Waals surface area contributed by atoms with E-state index < -0.39 is 0 Å². The lowest BCUT2D eigenvalue weighted by molar-refractivity contribution is -0.121. The molecule has 0 heterocycles. The summed E-state index contributed by atoms with van der Waals surface area (Å²) in [5, 5.41) is 7.39. The molecule has 0 aromatic heterocycles. The zero-order chi connectivity index (χ0) is 13.9. The fourth-order valence-electron chi connectivity index (χ4n) is 2.81. The van der Waals surface area contributed by atoms with Crippen molar-refractivity contribution in [2.45, 2.75) is 50.6 Å². The summed E-state index contributed by atoms with van der Waals surface area (Å²) in [6.07, 6.45) is 5.98. The van der Waals surface area contributed by atoms with Crippen LogP contribution in [0, 0.1) is 0 Å². The van der Waals surface area contributed by atoms with E-state index in [-0.39, 0.29) is 5.91 Å². The number of nitrogens with one attached hydrogen (secondary N) is 2. The second-order valence-corrected chi connectivity index (χ2v) is 6.35. The van der Waals surface area contributed by atoms with Crippen molar-refractivity contribution in [1.82, 2.24) is 10.6 Å². The van der Waals surface area contributed by atoms with Crippen LogP contribution in [-0.2, 0) is 17.6 Å². The van der Waals surface area contributed by atoms with E-state index >= 15 is 0 Å². The van der Waals surface area contributed by atoms with E-state index in [2.05, 4.69) is 22.8 Å². The number of amides is 1. The van der Waals surface area contributed by atoms with E-state index in [0.717, 1.165) is 43.7 Å². The van der Waals surface area contributed by atoms with Crippen molar-refractivity contribution in [1.29, 1.82) is 0 Å². The Kier molecular flexibility index (Phi) is 4.27. The highest BCUT2D eigenvalue weighted by molar-refractivity contribution is 6.30. The van der Waals surface area contributed by atoms with Crippen LogP contribution in [0.3, 0.4) is 0 Å². The van der Waals surface area contributed by atoms with Crippen molar-refractivity contribution in [3.63, 3.8) is 0 Å². The van der Waals surface area contributed by atoms with E-state index in [1.54, 1.807) is 0 Å². The SMILES string of the molecule is O=C(CCCNC1Cc2ccc(Cl)cc2C1)NC1CC1. The number of rotatable bonds is 6. The van der Waals surface area contributed by atoms with Crippen LogP contribution in [0.2, 0.25) is 5.02 Å². The molecular weight excluding hydrogens is 272 g/mol. The van der Waals surface area contributed by atoms with Gasteiger partial charge in [0.1, 0.15) is 0 Å². The summed E-state index contributed by atoms with van der Waals surface area (Å²) in [6, 6.07) is 7.13.